The van der Waals surface area contributed by atoms with Crippen molar-refractivity contribution < 1.29 is 4.79 Å². The van der Waals surface area contributed by atoms with Crippen molar-refractivity contribution in [3.05, 3.63) is 27.4 Å². The van der Waals surface area contributed by atoms with E-state index in [1.807, 2.05) is 11.8 Å². The van der Waals surface area contributed by atoms with Crippen molar-refractivity contribution in [3.8, 4) is 0 Å². The number of rotatable bonds is 5. The van der Waals surface area contributed by atoms with Gasteiger partial charge in [-0.1, -0.05) is 19.8 Å². The molecule has 1 atom stereocenters. The Balaban J connectivity index is 1.91. The van der Waals surface area contributed by atoms with E-state index in [1.165, 1.54) is 19.3 Å². The van der Waals surface area contributed by atoms with E-state index in [0.29, 0.717) is 24.2 Å². The summed E-state index contributed by atoms with van der Waals surface area (Å²) in [5, 5.41) is 0. The van der Waals surface area contributed by atoms with Gasteiger partial charge in [0.15, 0.2) is 0 Å². The second-order valence-corrected chi connectivity index (χ2v) is 6.68. The normalized spacial score (nSPS) is 18.7. The van der Waals surface area contributed by atoms with Crippen molar-refractivity contribution in [3.63, 3.8) is 0 Å². The highest BCUT2D eigenvalue weighted by Gasteiger charge is 2.20. The number of nitrogens with zero attached hydrogens (tertiary/aromatic N) is 2. The molecule has 1 amide bonds. The second kappa shape index (κ2) is 8.27. The summed E-state index contributed by atoms with van der Waals surface area (Å²) in [5.41, 5.74) is 1.27. The Bertz CT molecular complexity index is 594. The number of aromatic nitrogens is 2. The average molecular weight is 319 g/mol. The predicted molar refractivity (Wildman–Crippen MR) is 91.5 cm³/mol. The number of amides is 1. The molecular formula is C18H29N3O2. The van der Waals surface area contributed by atoms with Crippen molar-refractivity contribution in [1.29, 1.82) is 0 Å². The van der Waals surface area contributed by atoms with E-state index in [4.69, 9.17) is 0 Å². The molecule has 1 unspecified atom stereocenters. The Hall–Kier alpha value is -1.65. The minimum atomic E-state index is -0.110. The van der Waals surface area contributed by atoms with Gasteiger partial charge in [0, 0.05) is 30.8 Å². The van der Waals surface area contributed by atoms with Crippen LogP contribution in [0, 0.1) is 19.8 Å². The Morgan fingerprint density at radius 1 is 1.30 bits per heavy atom. The molecule has 0 aromatic carbocycles. The maximum absolute atomic E-state index is 12.5. The van der Waals surface area contributed by atoms with E-state index in [1.54, 1.807) is 6.92 Å². The molecule has 0 aliphatic carbocycles. The van der Waals surface area contributed by atoms with Gasteiger partial charge in [0.2, 0.25) is 5.91 Å². The summed E-state index contributed by atoms with van der Waals surface area (Å²) in [7, 11) is 0. The lowest BCUT2D eigenvalue weighted by Gasteiger charge is -2.20. The molecule has 128 valence electrons. The van der Waals surface area contributed by atoms with Crippen molar-refractivity contribution in [2.75, 3.05) is 13.1 Å². The minimum Gasteiger partial charge on any atom is -0.343 e. The Labute approximate surface area is 138 Å². The van der Waals surface area contributed by atoms with Gasteiger partial charge in [0.1, 0.15) is 5.82 Å². The summed E-state index contributed by atoms with van der Waals surface area (Å²) >= 11 is 0. The minimum absolute atomic E-state index is 0.110. The van der Waals surface area contributed by atoms with Crippen LogP contribution < -0.4 is 5.56 Å². The zero-order chi connectivity index (χ0) is 16.8. The van der Waals surface area contributed by atoms with Crippen molar-refractivity contribution in [2.24, 2.45) is 5.92 Å². The molecule has 0 spiro atoms. The standard InChI is InChI=1S/C18H29N3O2/c1-4-6-15-7-5-11-21(12-10-15)17(22)9-8-16-13(2)19-14(3)20-18(16)23/h15H,4-12H2,1-3H3,(H,19,20,23). The summed E-state index contributed by atoms with van der Waals surface area (Å²) in [6.45, 7) is 7.56. The van der Waals surface area contributed by atoms with Crippen LogP contribution in [0.5, 0.6) is 0 Å². The molecule has 0 radical (unpaired) electrons. The third kappa shape index (κ3) is 4.91. The van der Waals surface area contributed by atoms with Crippen LogP contribution in [-0.2, 0) is 11.2 Å². The first-order valence-corrected chi connectivity index (χ1v) is 8.85. The van der Waals surface area contributed by atoms with E-state index < -0.39 is 0 Å². The van der Waals surface area contributed by atoms with Crippen LogP contribution >= 0.6 is 0 Å². The number of aromatic amines is 1. The lowest BCUT2D eigenvalue weighted by molar-refractivity contribution is -0.131. The Kier molecular flexibility index (Phi) is 6.37. The number of hydrogen-bond donors (Lipinski definition) is 1. The third-order valence-electron chi connectivity index (χ3n) is 4.83. The first kappa shape index (κ1) is 17.7. The molecule has 23 heavy (non-hydrogen) atoms. The van der Waals surface area contributed by atoms with Crippen LogP contribution in [0.1, 0.15) is 62.5 Å². The smallest absolute Gasteiger partial charge is 0.254 e. The molecule has 2 heterocycles. The van der Waals surface area contributed by atoms with Gasteiger partial charge in [-0.2, -0.15) is 0 Å². The molecule has 1 N–H and O–H groups in total. The first-order valence-electron chi connectivity index (χ1n) is 8.85. The number of hydrogen-bond acceptors (Lipinski definition) is 3. The fraction of sp³-hybridized carbons (Fsp3) is 0.722. The number of H-pyrrole nitrogens is 1. The lowest BCUT2D eigenvalue weighted by atomic mass is 9.96. The Morgan fingerprint density at radius 2 is 2.09 bits per heavy atom. The van der Waals surface area contributed by atoms with E-state index >= 15 is 0 Å². The fourth-order valence-electron chi connectivity index (χ4n) is 3.55. The molecule has 1 aromatic rings. The third-order valence-corrected chi connectivity index (χ3v) is 4.83. The number of carbonyl (C=O) groups excluding carboxylic acids is 1. The monoisotopic (exact) mass is 319 g/mol. The molecule has 1 fully saturated rings. The van der Waals surface area contributed by atoms with Crippen molar-refractivity contribution >= 4 is 5.91 Å². The topological polar surface area (TPSA) is 66.1 Å². The van der Waals surface area contributed by atoms with Crippen LogP contribution in [0.3, 0.4) is 0 Å². The molecule has 0 bridgehead atoms. The van der Waals surface area contributed by atoms with Crippen molar-refractivity contribution in [2.45, 2.75) is 65.7 Å². The van der Waals surface area contributed by atoms with Gasteiger partial charge in [0.25, 0.3) is 5.56 Å². The fourth-order valence-corrected chi connectivity index (χ4v) is 3.55. The molecule has 5 nitrogen and oxygen atoms in total. The number of aryl methyl sites for hydroxylation is 2. The quantitative estimate of drug-likeness (QED) is 0.907. The number of nitrogens with one attached hydrogen (secondary N) is 1. The van der Waals surface area contributed by atoms with Gasteiger partial charge in [0.05, 0.1) is 0 Å². The highest BCUT2D eigenvalue weighted by atomic mass is 16.2. The second-order valence-electron chi connectivity index (χ2n) is 6.68. The highest BCUT2D eigenvalue weighted by Crippen LogP contribution is 2.22. The summed E-state index contributed by atoms with van der Waals surface area (Å²) in [6.07, 6.45) is 6.81. The van der Waals surface area contributed by atoms with Gasteiger partial charge in [-0.15, -0.1) is 0 Å². The number of likely N-dealkylation sites (tertiary alicyclic amines) is 1. The van der Waals surface area contributed by atoms with Gasteiger partial charge in [-0.05, 0) is 45.4 Å². The van der Waals surface area contributed by atoms with Gasteiger partial charge >= 0.3 is 0 Å². The SMILES string of the molecule is CCCC1CCCN(C(=O)CCc2c(C)nc(C)[nH]c2=O)CC1. The van der Waals surface area contributed by atoms with Crippen LogP contribution in [0.25, 0.3) is 0 Å². The van der Waals surface area contributed by atoms with Crippen LogP contribution in [-0.4, -0.2) is 33.9 Å². The highest BCUT2D eigenvalue weighted by molar-refractivity contribution is 5.76. The maximum atomic E-state index is 12.5. The van der Waals surface area contributed by atoms with E-state index in [9.17, 15) is 9.59 Å². The van der Waals surface area contributed by atoms with E-state index in [2.05, 4.69) is 16.9 Å². The lowest BCUT2D eigenvalue weighted by Crippen LogP contribution is -2.32. The summed E-state index contributed by atoms with van der Waals surface area (Å²) in [4.78, 5) is 33.5. The first-order chi connectivity index (χ1) is 11.0. The summed E-state index contributed by atoms with van der Waals surface area (Å²) < 4.78 is 0. The number of carbonyl (C=O) groups is 1. The summed E-state index contributed by atoms with van der Waals surface area (Å²) in [6, 6.07) is 0. The van der Waals surface area contributed by atoms with Gasteiger partial charge in [-0.25, -0.2) is 4.98 Å². The molecule has 1 saturated heterocycles. The van der Waals surface area contributed by atoms with Gasteiger partial charge in [-0.3, -0.25) is 9.59 Å². The zero-order valence-corrected chi connectivity index (χ0v) is 14.7. The largest absolute Gasteiger partial charge is 0.343 e. The molecule has 1 aliphatic rings. The van der Waals surface area contributed by atoms with Crippen LogP contribution in [0.2, 0.25) is 0 Å². The molecule has 2 rings (SSSR count). The van der Waals surface area contributed by atoms with Crippen LogP contribution in [0.4, 0.5) is 0 Å². The molecular weight excluding hydrogens is 290 g/mol. The van der Waals surface area contributed by atoms with Crippen LogP contribution in [0.15, 0.2) is 4.79 Å². The van der Waals surface area contributed by atoms with Gasteiger partial charge < -0.3 is 9.88 Å². The van der Waals surface area contributed by atoms with E-state index in [-0.39, 0.29) is 11.5 Å². The molecule has 1 aliphatic heterocycles. The average Bonchev–Trinajstić information content (AvgIpc) is 2.72. The predicted octanol–water partition coefficient (Wildman–Crippen LogP) is 2.75. The maximum Gasteiger partial charge on any atom is 0.254 e. The Morgan fingerprint density at radius 3 is 2.78 bits per heavy atom. The summed E-state index contributed by atoms with van der Waals surface area (Å²) in [5.74, 6) is 1.56. The zero-order valence-electron chi connectivity index (χ0n) is 14.7. The van der Waals surface area contributed by atoms with Crippen molar-refractivity contribution in [1.82, 2.24) is 14.9 Å². The molecule has 1 aromatic heterocycles. The van der Waals surface area contributed by atoms with E-state index in [0.717, 1.165) is 37.5 Å². The molecule has 0 saturated carbocycles. The molecule has 5 heteroatoms.